The van der Waals surface area contributed by atoms with Crippen LogP contribution in [0, 0.1) is 0 Å². The van der Waals surface area contributed by atoms with Gasteiger partial charge < -0.3 is 81.5 Å². The van der Waals surface area contributed by atoms with Crippen LogP contribution in [0.3, 0.4) is 0 Å². The Hall–Kier alpha value is -10.4. The first kappa shape index (κ1) is 75.6. The highest BCUT2D eigenvalue weighted by Gasteiger charge is 2.37. The molecule has 5 aromatic carbocycles. The van der Waals surface area contributed by atoms with Crippen LogP contribution in [0.2, 0.25) is 0 Å². The Morgan fingerprint density at radius 3 is 1.69 bits per heavy atom. The zero-order valence-electron chi connectivity index (χ0n) is 56.1. The lowest BCUT2D eigenvalue weighted by atomic mass is 9.95. The Labute approximate surface area is 565 Å². The van der Waals surface area contributed by atoms with Crippen LogP contribution in [-0.4, -0.2) is 151 Å². The third-order valence-electron chi connectivity index (χ3n) is 15.0. The van der Waals surface area contributed by atoms with Gasteiger partial charge in [0, 0.05) is 65.1 Å². The van der Waals surface area contributed by atoms with Crippen molar-refractivity contribution in [1.82, 2.24) is 52.8 Å². The van der Waals surface area contributed by atoms with Crippen molar-refractivity contribution in [2.45, 2.75) is 161 Å². The van der Waals surface area contributed by atoms with E-state index in [-0.39, 0.29) is 122 Å². The van der Waals surface area contributed by atoms with Crippen molar-refractivity contribution in [1.29, 1.82) is 0 Å². The number of carbonyl (C=O) groups is 10. The fraction of sp³-hybridized carbons (Fsp3) is 0.437. The average molecular weight is 1340 g/mol. The highest BCUT2D eigenvalue weighted by atomic mass is 16.6. The van der Waals surface area contributed by atoms with E-state index in [1.165, 1.54) is 18.0 Å². The summed E-state index contributed by atoms with van der Waals surface area (Å²) in [5, 5.41) is 35.8. The number of rotatable bonds is 28. The van der Waals surface area contributed by atoms with E-state index in [9.17, 15) is 43.5 Å². The quantitative estimate of drug-likeness (QED) is 0.0171. The Kier molecular flexibility index (Phi) is 29.8. The first-order valence-corrected chi connectivity index (χ1v) is 32.4. The van der Waals surface area contributed by atoms with Gasteiger partial charge in [0.15, 0.2) is 0 Å². The van der Waals surface area contributed by atoms with Crippen LogP contribution < -0.4 is 47.9 Å². The molecule has 1 aliphatic rings. The maximum atomic E-state index is 15.3. The van der Waals surface area contributed by atoms with Gasteiger partial charge in [-0.05, 0) is 131 Å². The molecule has 6 rings (SSSR count). The molecule has 0 spiro atoms. The number of aromatic hydroxyl groups is 1. The topological polar surface area (TPSA) is 349 Å². The molecular weight excluding hydrogens is 1250 g/mol. The van der Waals surface area contributed by atoms with Crippen LogP contribution in [0.5, 0.6) is 5.75 Å². The normalized spacial score (nSPS) is 15.4. The third kappa shape index (κ3) is 28.2. The standard InChI is InChI=1S/C71H92N10O16/c1-70(2,3)96-67(90)75-36-20-31-56-64(87)81(7)58(40-50-27-17-28-51(39-50)52-32-33-59(82)53(41-52)42-57(62(85)79-56)80-69(92)97-71(4,5)6)63(86)78-55(30-19-35-74-65(88)93-44-47-21-11-8-12-22-47)61(84)73-34-18-29-54(77-68(91)95-46-49-25-15-10-16-26-49)43-60(83)72-37-38-76-66(89)94-45-48-23-13-9-14-24-48/h8-17,21-28,32-33,39,41,54-58,82H,18-20,29-31,34-38,40,42-46H2,1-7H3,(H,72,83)(H,73,84)(H,74,88)(H,75,90)(H,76,89)(H,77,91)(H,78,86)(H,79,85)(H,80,92)/t54-,55-,56-,57-,58-/m0/s1. The second-order valence-electron chi connectivity index (χ2n) is 25.3. The van der Waals surface area contributed by atoms with Gasteiger partial charge in [-0.3, -0.25) is 24.0 Å². The van der Waals surface area contributed by atoms with Crippen LogP contribution in [-0.2, 0) is 80.3 Å². The van der Waals surface area contributed by atoms with Crippen molar-refractivity contribution in [2.24, 2.45) is 0 Å². The van der Waals surface area contributed by atoms with E-state index in [1.54, 1.807) is 114 Å². The number of phenols is 1. The molecule has 0 fully saturated rings. The summed E-state index contributed by atoms with van der Waals surface area (Å²) in [6.45, 7) is 10.1. The molecule has 4 bridgehead atoms. The van der Waals surface area contributed by atoms with Crippen molar-refractivity contribution in [3.8, 4) is 16.9 Å². The number of benzene rings is 5. The number of fused-ring (bicyclic) bond motifs is 5. The van der Waals surface area contributed by atoms with Crippen molar-refractivity contribution in [2.75, 3.05) is 39.8 Å². The second-order valence-corrected chi connectivity index (χ2v) is 25.3. The van der Waals surface area contributed by atoms with E-state index >= 15 is 9.59 Å². The molecule has 26 nitrogen and oxygen atoms in total. The summed E-state index contributed by atoms with van der Waals surface area (Å²) in [6, 6.07) is 32.7. The van der Waals surface area contributed by atoms with Crippen molar-refractivity contribution >= 4 is 60.0 Å². The summed E-state index contributed by atoms with van der Waals surface area (Å²) in [5.74, 6) is -3.67. The minimum atomic E-state index is -1.43. The van der Waals surface area contributed by atoms with E-state index in [1.807, 2.05) is 54.6 Å². The molecule has 0 saturated heterocycles. The zero-order valence-corrected chi connectivity index (χ0v) is 56.1. The van der Waals surface area contributed by atoms with Crippen molar-refractivity contribution < 1.29 is 76.7 Å². The summed E-state index contributed by atoms with van der Waals surface area (Å²) in [6.07, 6.45) is -4.05. The van der Waals surface area contributed by atoms with Crippen molar-refractivity contribution in [3.05, 3.63) is 161 Å². The van der Waals surface area contributed by atoms with Gasteiger partial charge in [0.25, 0.3) is 0 Å². The molecule has 0 aromatic heterocycles. The molecule has 26 heteroatoms. The van der Waals surface area contributed by atoms with E-state index < -0.39 is 101 Å². The van der Waals surface area contributed by atoms with E-state index in [2.05, 4.69) is 47.9 Å². The first-order valence-electron chi connectivity index (χ1n) is 32.4. The van der Waals surface area contributed by atoms with Gasteiger partial charge in [-0.2, -0.15) is 0 Å². The Morgan fingerprint density at radius 2 is 1.08 bits per heavy atom. The molecule has 0 unspecified atom stereocenters. The average Bonchev–Trinajstić information content (AvgIpc) is 1.76. The molecule has 10 N–H and O–H groups in total. The maximum Gasteiger partial charge on any atom is 0.408 e. The number of nitrogens with one attached hydrogen (secondary N) is 9. The highest BCUT2D eigenvalue weighted by Crippen LogP contribution is 2.29. The van der Waals surface area contributed by atoms with Gasteiger partial charge in [-0.15, -0.1) is 0 Å². The number of phenolic OH excluding ortho intramolecular Hbond substituents is 1. The maximum absolute atomic E-state index is 15.3. The van der Waals surface area contributed by atoms with E-state index in [0.29, 0.717) is 16.7 Å². The predicted octanol–water partition coefficient (Wildman–Crippen LogP) is 7.48. The SMILES string of the molecule is CN1C(=O)[C@H](CCCNC(=O)OC(C)(C)C)NC(=O)[C@@H](NC(=O)OC(C)(C)C)Cc2cc(ccc2O)-c2cccc(c2)C[C@H]1C(=O)N[C@@H](CCCNC(=O)OCc1ccccc1)C(=O)NCCC[C@@H](CC(=O)NCCNC(=O)OCc1ccccc1)NC(=O)OCc1ccccc1. The van der Waals surface area contributed by atoms with E-state index in [4.69, 9.17) is 23.7 Å². The van der Waals surface area contributed by atoms with E-state index in [0.717, 1.165) is 16.7 Å². The number of hydrogen-bond acceptors (Lipinski definition) is 16. The largest absolute Gasteiger partial charge is 0.508 e. The molecule has 10 amide bonds. The molecular formula is C71H92N10O16. The number of amides is 10. The lowest BCUT2D eigenvalue weighted by molar-refractivity contribution is -0.143. The van der Waals surface area contributed by atoms with Crippen molar-refractivity contribution in [3.63, 3.8) is 0 Å². The van der Waals surface area contributed by atoms with Crippen LogP contribution in [0.15, 0.2) is 133 Å². The molecule has 5 atom stereocenters. The Bertz CT molecular complexity index is 3420. The minimum Gasteiger partial charge on any atom is -0.508 e. The number of carbonyl (C=O) groups excluding carboxylic acids is 10. The fourth-order valence-electron chi connectivity index (χ4n) is 10.1. The first-order chi connectivity index (χ1) is 46.3. The number of ether oxygens (including phenoxy) is 5. The molecule has 0 radical (unpaired) electrons. The lowest BCUT2D eigenvalue weighted by Gasteiger charge is -2.33. The van der Waals surface area contributed by atoms with Crippen LogP contribution >= 0.6 is 0 Å². The number of alkyl carbamates (subject to hydrolysis) is 5. The summed E-state index contributed by atoms with van der Waals surface area (Å²) in [7, 11) is 1.38. The van der Waals surface area contributed by atoms with Gasteiger partial charge in [-0.25, -0.2) is 24.0 Å². The summed E-state index contributed by atoms with van der Waals surface area (Å²) >= 11 is 0. The highest BCUT2D eigenvalue weighted by molar-refractivity contribution is 5.95. The third-order valence-corrected chi connectivity index (χ3v) is 15.0. The molecule has 522 valence electrons. The zero-order chi connectivity index (χ0) is 70.3. The fourth-order valence-corrected chi connectivity index (χ4v) is 10.1. The molecule has 5 aromatic rings. The smallest absolute Gasteiger partial charge is 0.408 e. The number of likely N-dealkylation sites (N-methyl/N-ethyl adjacent to an activating group) is 1. The molecule has 0 saturated carbocycles. The number of hydrogen-bond donors (Lipinski definition) is 10. The summed E-state index contributed by atoms with van der Waals surface area (Å²) < 4.78 is 27.1. The summed E-state index contributed by atoms with van der Waals surface area (Å²) in [4.78, 5) is 139. The van der Waals surface area contributed by atoms with Gasteiger partial charge in [0.2, 0.25) is 29.5 Å². The van der Waals surface area contributed by atoms with Crippen LogP contribution in [0.25, 0.3) is 11.1 Å². The molecule has 0 aliphatic carbocycles. The van der Waals surface area contributed by atoms with Crippen LogP contribution in [0.1, 0.15) is 114 Å². The second kappa shape index (κ2) is 38.2. The summed E-state index contributed by atoms with van der Waals surface area (Å²) in [5.41, 5.74) is 2.58. The van der Waals surface area contributed by atoms with Gasteiger partial charge >= 0.3 is 30.5 Å². The Balaban J connectivity index is 1.23. The predicted molar refractivity (Wildman–Crippen MR) is 360 cm³/mol. The Morgan fingerprint density at radius 1 is 0.557 bits per heavy atom. The lowest BCUT2D eigenvalue weighted by Crippen LogP contribution is -2.59. The van der Waals surface area contributed by atoms with Gasteiger partial charge in [-0.1, -0.05) is 121 Å². The monoisotopic (exact) mass is 1340 g/mol. The molecule has 1 heterocycles. The molecule has 97 heavy (non-hydrogen) atoms. The molecule has 1 aliphatic heterocycles. The number of nitrogens with zero attached hydrogens (tertiary/aromatic N) is 1. The van der Waals surface area contributed by atoms with Gasteiger partial charge in [0.05, 0.1) is 0 Å². The van der Waals surface area contributed by atoms with Gasteiger partial charge in [0.1, 0.15) is 60.9 Å². The van der Waals surface area contributed by atoms with Crippen LogP contribution in [0.4, 0.5) is 24.0 Å². The minimum absolute atomic E-state index is 0.00134.